The number of hydrogen-bond donors (Lipinski definition) is 2. The molecule has 1 aliphatic rings. The van der Waals surface area contributed by atoms with Crippen LogP contribution < -0.4 is 5.32 Å². The van der Waals surface area contributed by atoms with E-state index < -0.39 is 5.60 Å². The van der Waals surface area contributed by atoms with Crippen LogP contribution in [0.15, 0.2) is 11.4 Å². The molecule has 1 aromatic rings. The van der Waals surface area contributed by atoms with Gasteiger partial charge in [0.1, 0.15) is 5.60 Å². The number of piperidine rings is 1. The Bertz CT molecular complexity index is 289. The Kier molecular flexibility index (Phi) is 2.41. The van der Waals surface area contributed by atoms with Crippen molar-refractivity contribution in [1.29, 1.82) is 0 Å². The quantitative estimate of drug-likeness (QED) is 0.717. The first-order valence-corrected chi connectivity index (χ1v) is 5.58. The van der Waals surface area contributed by atoms with Crippen molar-refractivity contribution >= 4 is 11.3 Å². The third kappa shape index (κ3) is 1.64. The minimum absolute atomic E-state index is 0.609. The van der Waals surface area contributed by atoms with Crippen molar-refractivity contribution in [1.82, 2.24) is 5.32 Å². The van der Waals surface area contributed by atoms with Crippen molar-refractivity contribution in [3.05, 3.63) is 21.9 Å². The van der Waals surface area contributed by atoms with E-state index in [2.05, 4.69) is 17.6 Å². The van der Waals surface area contributed by atoms with Crippen LogP contribution in [0.25, 0.3) is 0 Å². The molecule has 2 N–H and O–H groups in total. The van der Waals surface area contributed by atoms with Gasteiger partial charge in [-0.3, -0.25) is 0 Å². The average molecular weight is 197 g/mol. The van der Waals surface area contributed by atoms with Gasteiger partial charge in [-0.05, 0) is 43.3 Å². The summed E-state index contributed by atoms with van der Waals surface area (Å²) in [5.41, 5.74) is 0.507. The number of aryl methyl sites for hydroxylation is 1. The van der Waals surface area contributed by atoms with Crippen LogP contribution in [0.4, 0.5) is 0 Å². The van der Waals surface area contributed by atoms with Crippen molar-refractivity contribution in [2.75, 3.05) is 13.1 Å². The van der Waals surface area contributed by atoms with Crippen LogP contribution in [0.5, 0.6) is 0 Å². The lowest BCUT2D eigenvalue weighted by atomic mass is 9.87. The molecule has 3 heteroatoms. The number of aliphatic hydroxyl groups is 1. The highest BCUT2D eigenvalue weighted by atomic mass is 32.1. The second kappa shape index (κ2) is 3.40. The maximum Gasteiger partial charge on any atom is 0.103 e. The Labute approximate surface area is 82.6 Å². The SMILES string of the molecule is Cc1sccc1C1(O)CCCNC1. The summed E-state index contributed by atoms with van der Waals surface area (Å²) >= 11 is 1.71. The molecule has 2 nitrogen and oxygen atoms in total. The van der Waals surface area contributed by atoms with Gasteiger partial charge >= 0.3 is 0 Å². The van der Waals surface area contributed by atoms with E-state index in [1.165, 1.54) is 4.88 Å². The molecule has 2 rings (SSSR count). The summed E-state index contributed by atoms with van der Waals surface area (Å²) in [4.78, 5) is 1.24. The molecule has 1 fully saturated rings. The van der Waals surface area contributed by atoms with Crippen molar-refractivity contribution in [3.63, 3.8) is 0 Å². The molecule has 0 radical (unpaired) electrons. The molecule has 0 amide bonds. The van der Waals surface area contributed by atoms with Gasteiger partial charge in [0.05, 0.1) is 0 Å². The Morgan fingerprint density at radius 1 is 1.62 bits per heavy atom. The molecule has 13 heavy (non-hydrogen) atoms. The van der Waals surface area contributed by atoms with E-state index in [-0.39, 0.29) is 0 Å². The van der Waals surface area contributed by atoms with E-state index in [9.17, 15) is 5.11 Å². The van der Waals surface area contributed by atoms with Gasteiger partial charge < -0.3 is 10.4 Å². The second-order valence-corrected chi connectivity index (χ2v) is 4.82. The van der Waals surface area contributed by atoms with Crippen LogP contribution in [0.3, 0.4) is 0 Å². The first-order chi connectivity index (χ1) is 6.22. The zero-order chi connectivity index (χ0) is 9.31. The minimum atomic E-state index is -0.609. The maximum atomic E-state index is 10.4. The standard InChI is InChI=1S/C10H15NOS/c1-8-9(3-6-13-8)10(12)4-2-5-11-7-10/h3,6,11-12H,2,4-5,7H2,1H3. The first-order valence-electron chi connectivity index (χ1n) is 4.70. The van der Waals surface area contributed by atoms with E-state index in [1.54, 1.807) is 11.3 Å². The van der Waals surface area contributed by atoms with Crippen LogP contribution in [0.1, 0.15) is 23.3 Å². The summed E-state index contributed by atoms with van der Waals surface area (Å²) in [6.45, 7) is 3.81. The van der Waals surface area contributed by atoms with Crippen LogP contribution in [0.2, 0.25) is 0 Å². The van der Waals surface area contributed by atoms with Gasteiger partial charge in [0.15, 0.2) is 0 Å². The summed E-state index contributed by atoms with van der Waals surface area (Å²) < 4.78 is 0. The number of nitrogens with one attached hydrogen (secondary N) is 1. The fourth-order valence-electron chi connectivity index (χ4n) is 1.99. The van der Waals surface area contributed by atoms with E-state index in [4.69, 9.17) is 0 Å². The summed E-state index contributed by atoms with van der Waals surface area (Å²) in [7, 11) is 0. The monoisotopic (exact) mass is 197 g/mol. The number of thiophene rings is 1. The lowest BCUT2D eigenvalue weighted by Crippen LogP contribution is -2.43. The lowest BCUT2D eigenvalue weighted by Gasteiger charge is -2.32. The third-order valence-corrected chi connectivity index (χ3v) is 3.57. The Hall–Kier alpha value is -0.380. The molecule has 1 aromatic heterocycles. The highest BCUT2D eigenvalue weighted by Crippen LogP contribution is 2.32. The average Bonchev–Trinajstić information content (AvgIpc) is 2.53. The van der Waals surface area contributed by atoms with Gasteiger partial charge in [-0.1, -0.05) is 0 Å². The van der Waals surface area contributed by atoms with Crippen LogP contribution in [-0.4, -0.2) is 18.2 Å². The lowest BCUT2D eigenvalue weighted by molar-refractivity contribution is 0.0122. The number of rotatable bonds is 1. The van der Waals surface area contributed by atoms with Gasteiger partial charge in [0, 0.05) is 11.4 Å². The van der Waals surface area contributed by atoms with E-state index in [0.29, 0.717) is 6.54 Å². The molecule has 0 saturated carbocycles. The molecule has 0 aromatic carbocycles. The van der Waals surface area contributed by atoms with Crippen molar-refractivity contribution in [2.45, 2.75) is 25.4 Å². The van der Waals surface area contributed by atoms with Gasteiger partial charge in [-0.2, -0.15) is 0 Å². The van der Waals surface area contributed by atoms with Crippen LogP contribution in [-0.2, 0) is 5.60 Å². The largest absolute Gasteiger partial charge is 0.384 e. The number of β-amino-alcohol motifs (C(OH)–C–C–N with tert-alkyl or cyclic N) is 1. The van der Waals surface area contributed by atoms with Gasteiger partial charge in [-0.25, -0.2) is 0 Å². The smallest absolute Gasteiger partial charge is 0.103 e. The van der Waals surface area contributed by atoms with Gasteiger partial charge in [0.2, 0.25) is 0 Å². The zero-order valence-electron chi connectivity index (χ0n) is 7.84. The van der Waals surface area contributed by atoms with E-state index in [0.717, 1.165) is 24.9 Å². The highest BCUT2D eigenvalue weighted by Gasteiger charge is 2.32. The molecule has 0 bridgehead atoms. The van der Waals surface area contributed by atoms with Crippen molar-refractivity contribution < 1.29 is 5.11 Å². The summed E-state index contributed by atoms with van der Waals surface area (Å²) in [6, 6.07) is 2.05. The molecule has 1 aliphatic heterocycles. The van der Waals surface area contributed by atoms with Crippen molar-refractivity contribution in [2.24, 2.45) is 0 Å². The van der Waals surface area contributed by atoms with Gasteiger partial charge in [-0.15, -0.1) is 11.3 Å². The molecule has 72 valence electrons. The topological polar surface area (TPSA) is 32.3 Å². The van der Waals surface area contributed by atoms with E-state index >= 15 is 0 Å². The van der Waals surface area contributed by atoms with Gasteiger partial charge in [0.25, 0.3) is 0 Å². The maximum absolute atomic E-state index is 10.4. The Balaban J connectivity index is 2.27. The minimum Gasteiger partial charge on any atom is -0.384 e. The summed E-state index contributed by atoms with van der Waals surface area (Å²) in [6.07, 6.45) is 1.95. The Morgan fingerprint density at radius 3 is 3.00 bits per heavy atom. The van der Waals surface area contributed by atoms with E-state index in [1.807, 2.05) is 6.07 Å². The normalized spacial score (nSPS) is 29.1. The van der Waals surface area contributed by atoms with Crippen molar-refractivity contribution in [3.8, 4) is 0 Å². The molecular formula is C10H15NOS. The summed E-state index contributed by atoms with van der Waals surface area (Å²) in [5, 5.41) is 15.7. The molecule has 0 spiro atoms. The fourth-order valence-corrected chi connectivity index (χ4v) is 2.78. The molecular weight excluding hydrogens is 182 g/mol. The molecule has 2 heterocycles. The third-order valence-electron chi connectivity index (χ3n) is 2.72. The molecule has 1 atom stereocenters. The Morgan fingerprint density at radius 2 is 2.46 bits per heavy atom. The predicted octanol–water partition coefficient (Wildman–Crippen LogP) is 1.63. The number of hydrogen-bond acceptors (Lipinski definition) is 3. The van der Waals surface area contributed by atoms with Crippen LogP contribution in [0, 0.1) is 6.92 Å². The molecule has 1 saturated heterocycles. The highest BCUT2D eigenvalue weighted by molar-refractivity contribution is 7.10. The molecule has 0 aliphatic carbocycles. The second-order valence-electron chi connectivity index (χ2n) is 3.70. The zero-order valence-corrected chi connectivity index (χ0v) is 8.66. The first kappa shape index (κ1) is 9.19. The van der Waals surface area contributed by atoms with Crippen LogP contribution >= 0.6 is 11.3 Å². The predicted molar refractivity (Wildman–Crippen MR) is 55.1 cm³/mol. The molecule has 1 unspecified atom stereocenters. The fraction of sp³-hybridized carbons (Fsp3) is 0.600. The summed E-state index contributed by atoms with van der Waals surface area (Å²) in [5.74, 6) is 0.